The number of hydrogen-bond acceptors (Lipinski definition) is 4. The maximum absolute atomic E-state index is 13.7. The number of fused-ring (bicyclic) bond motifs is 1. The number of carbonyl (C=O) groups excluding carboxylic acids is 1. The molecule has 0 spiro atoms. The number of halogens is 1. The van der Waals surface area contributed by atoms with Crippen molar-refractivity contribution in [3.63, 3.8) is 0 Å². The molecule has 4 rings (SSSR count). The normalized spacial score (nSPS) is 15.0. The van der Waals surface area contributed by atoms with E-state index in [9.17, 15) is 9.18 Å². The van der Waals surface area contributed by atoms with Crippen LogP contribution in [-0.2, 0) is 4.74 Å². The van der Waals surface area contributed by atoms with Gasteiger partial charge < -0.3 is 9.64 Å². The van der Waals surface area contributed by atoms with Crippen LogP contribution in [0.25, 0.3) is 10.2 Å². The first-order valence-electron chi connectivity index (χ1n) is 9.96. The number of ether oxygens (including phenoxy) is 1. The summed E-state index contributed by atoms with van der Waals surface area (Å²) in [6.07, 6.45) is 0.853. The third-order valence-corrected chi connectivity index (χ3v) is 6.23. The lowest BCUT2D eigenvalue weighted by molar-refractivity contribution is -0.908. The van der Waals surface area contributed by atoms with Gasteiger partial charge in [0.05, 0.1) is 30.0 Å². The molecule has 29 heavy (non-hydrogen) atoms. The number of aryl methyl sites for hydroxylation is 1. The molecule has 0 saturated carbocycles. The molecule has 2 aromatic carbocycles. The van der Waals surface area contributed by atoms with Gasteiger partial charge in [0.2, 0.25) is 0 Å². The van der Waals surface area contributed by atoms with Crippen LogP contribution in [0.1, 0.15) is 22.3 Å². The molecule has 0 unspecified atom stereocenters. The fraction of sp³-hybridized carbons (Fsp3) is 0.364. The number of benzene rings is 2. The molecular formula is C22H25FN3O2S+. The highest BCUT2D eigenvalue weighted by molar-refractivity contribution is 7.22. The molecule has 1 saturated heterocycles. The summed E-state index contributed by atoms with van der Waals surface area (Å²) in [5, 5.41) is 0.664. The minimum Gasteiger partial charge on any atom is -0.370 e. The first-order valence-corrected chi connectivity index (χ1v) is 10.8. The number of quaternary nitrogens is 1. The molecule has 152 valence electrons. The van der Waals surface area contributed by atoms with E-state index in [2.05, 4.69) is 6.07 Å². The molecule has 1 amide bonds. The van der Waals surface area contributed by atoms with Crippen LogP contribution in [0.3, 0.4) is 0 Å². The Hall–Kier alpha value is -2.35. The summed E-state index contributed by atoms with van der Waals surface area (Å²) in [7, 11) is 0. The van der Waals surface area contributed by atoms with Gasteiger partial charge in [-0.1, -0.05) is 23.5 Å². The van der Waals surface area contributed by atoms with E-state index in [1.165, 1.54) is 28.4 Å². The summed E-state index contributed by atoms with van der Waals surface area (Å²) in [5.41, 5.74) is 2.39. The van der Waals surface area contributed by atoms with Gasteiger partial charge in [-0.15, -0.1) is 0 Å². The van der Waals surface area contributed by atoms with Crippen molar-refractivity contribution in [2.24, 2.45) is 0 Å². The van der Waals surface area contributed by atoms with Crippen molar-refractivity contribution in [1.29, 1.82) is 0 Å². The second kappa shape index (κ2) is 8.98. The van der Waals surface area contributed by atoms with Crippen molar-refractivity contribution >= 4 is 32.6 Å². The molecule has 1 aliphatic rings. The van der Waals surface area contributed by atoms with Crippen LogP contribution in [0.4, 0.5) is 9.52 Å². The van der Waals surface area contributed by atoms with E-state index in [1.807, 2.05) is 19.1 Å². The monoisotopic (exact) mass is 414 g/mol. The second-order valence-electron chi connectivity index (χ2n) is 7.40. The highest BCUT2D eigenvalue weighted by atomic mass is 32.1. The molecule has 1 aromatic heterocycles. The Labute approximate surface area is 173 Å². The van der Waals surface area contributed by atoms with Gasteiger partial charge >= 0.3 is 0 Å². The van der Waals surface area contributed by atoms with Crippen molar-refractivity contribution < 1.29 is 18.8 Å². The number of thiazole rings is 1. The van der Waals surface area contributed by atoms with E-state index >= 15 is 0 Å². The van der Waals surface area contributed by atoms with Gasteiger partial charge in [0.1, 0.15) is 18.9 Å². The molecule has 0 atom stereocenters. The van der Waals surface area contributed by atoms with E-state index in [0.29, 0.717) is 17.2 Å². The zero-order chi connectivity index (χ0) is 20.2. The molecule has 0 radical (unpaired) electrons. The molecule has 1 aliphatic heterocycles. The van der Waals surface area contributed by atoms with Crippen molar-refractivity contribution in [3.8, 4) is 0 Å². The Morgan fingerprint density at radius 2 is 2.07 bits per heavy atom. The molecule has 0 aliphatic carbocycles. The van der Waals surface area contributed by atoms with Gasteiger partial charge in [0.15, 0.2) is 5.13 Å². The van der Waals surface area contributed by atoms with E-state index in [0.717, 1.165) is 55.0 Å². The molecular weight excluding hydrogens is 389 g/mol. The highest BCUT2D eigenvalue weighted by Crippen LogP contribution is 2.30. The average molecular weight is 415 g/mol. The van der Waals surface area contributed by atoms with Gasteiger partial charge in [-0.05, 0) is 42.8 Å². The lowest BCUT2D eigenvalue weighted by atomic mass is 10.2. The summed E-state index contributed by atoms with van der Waals surface area (Å²) in [6.45, 7) is 7.14. The largest absolute Gasteiger partial charge is 0.370 e. The van der Waals surface area contributed by atoms with Gasteiger partial charge in [-0.3, -0.25) is 9.69 Å². The Morgan fingerprint density at radius 3 is 2.86 bits per heavy atom. The number of anilines is 1. The fourth-order valence-electron chi connectivity index (χ4n) is 3.59. The summed E-state index contributed by atoms with van der Waals surface area (Å²) < 4.78 is 20.2. The Balaban J connectivity index is 1.57. The zero-order valence-electron chi connectivity index (χ0n) is 16.5. The maximum Gasteiger partial charge on any atom is 0.260 e. The zero-order valence-corrected chi connectivity index (χ0v) is 17.3. The van der Waals surface area contributed by atoms with E-state index < -0.39 is 5.82 Å². The van der Waals surface area contributed by atoms with Crippen molar-refractivity contribution in [2.75, 3.05) is 44.3 Å². The average Bonchev–Trinajstić information content (AvgIpc) is 3.14. The number of nitrogens with zero attached hydrogens (tertiary/aromatic N) is 2. The summed E-state index contributed by atoms with van der Waals surface area (Å²) in [4.78, 5) is 21.1. The van der Waals surface area contributed by atoms with Crippen LogP contribution >= 0.6 is 11.3 Å². The second-order valence-corrected chi connectivity index (χ2v) is 8.41. The molecule has 2 heterocycles. The lowest BCUT2D eigenvalue weighted by Crippen LogP contribution is -3.14. The van der Waals surface area contributed by atoms with Crippen molar-refractivity contribution in [1.82, 2.24) is 4.98 Å². The summed E-state index contributed by atoms with van der Waals surface area (Å²) in [5.74, 6) is -0.620. The standard InChI is InChI=1S/C22H24FN3O2S/c1-16-6-7-19-20(14-16)29-22(24-19)26(9-3-8-25-10-12-28-13-11-25)21(27)17-4-2-5-18(23)15-17/h2,4-7,14-15H,3,8-13H2,1H3/p+1. The van der Waals surface area contributed by atoms with Crippen LogP contribution in [-0.4, -0.2) is 50.3 Å². The minimum atomic E-state index is -0.409. The Bertz CT molecular complexity index is 1000. The van der Waals surface area contributed by atoms with Crippen LogP contribution in [0.2, 0.25) is 0 Å². The first-order chi connectivity index (χ1) is 14.1. The number of nitrogens with one attached hydrogen (secondary N) is 1. The van der Waals surface area contributed by atoms with Crippen LogP contribution in [0.15, 0.2) is 42.5 Å². The molecule has 0 bridgehead atoms. The summed E-state index contributed by atoms with van der Waals surface area (Å²) in [6, 6.07) is 12.0. The predicted octanol–water partition coefficient (Wildman–Crippen LogP) is 2.70. The predicted molar refractivity (Wildman–Crippen MR) is 113 cm³/mol. The smallest absolute Gasteiger partial charge is 0.260 e. The number of aromatic nitrogens is 1. The lowest BCUT2D eigenvalue weighted by Gasteiger charge is -2.25. The SMILES string of the molecule is Cc1ccc2nc(N(CCC[NH+]3CCOCC3)C(=O)c3cccc(F)c3)sc2c1. The molecule has 5 nitrogen and oxygen atoms in total. The molecule has 1 N–H and O–H groups in total. The van der Waals surface area contributed by atoms with Gasteiger partial charge in [-0.25, -0.2) is 9.37 Å². The third kappa shape index (κ3) is 4.80. The Morgan fingerprint density at radius 1 is 1.24 bits per heavy atom. The van der Waals surface area contributed by atoms with Gasteiger partial charge in [-0.2, -0.15) is 0 Å². The van der Waals surface area contributed by atoms with Crippen LogP contribution < -0.4 is 9.80 Å². The molecule has 1 fully saturated rings. The Kier molecular flexibility index (Phi) is 6.18. The third-order valence-electron chi connectivity index (χ3n) is 5.19. The highest BCUT2D eigenvalue weighted by Gasteiger charge is 2.23. The van der Waals surface area contributed by atoms with E-state index in [4.69, 9.17) is 9.72 Å². The van der Waals surface area contributed by atoms with Crippen molar-refractivity contribution in [2.45, 2.75) is 13.3 Å². The number of amides is 1. The van der Waals surface area contributed by atoms with E-state index in [-0.39, 0.29) is 5.91 Å². The molecule has 7 heteroatoms. The number of morpholine rings is 1. The number of hydrogen-bond donors (Lipinski definition) is 1. The molecule has 3 aromatic rings. The number of carbonyl (C=O) groups is 1. The van der Waals surface area contributed by atoms with Crippen LogP contribution in [0, 0.1) is 12.7 Å². The maximum atomic E-state index is 13.7. The van der Waals surface area contributed by atoms with Crippen LogP contribution in [0.5, 0.6) is 0 Å². The minimum absolute atomic E-state index is 0.211. The van der Waals surface area contributed by atoms with E-state index in [1.54, 1.807) is 17.0 Å². The quantitative estimate of drug-likeness (QED) is 0.675. The summed E-state index contributed by atoms with van der Waals surface area (Å²) >= 11 is 1.51. The van der Waals surface area contributed by atoms with Gasteiger partial charge in [0.25, 0.3) is 5.91 Å². The first kappa shape index (κ1) is 19.9. The van der Waals surface area contributed by atoms with Gasteiger partial charge in [0, 0.05) is 18.5 Å². The fourth-order valence-corrected chi connectivity index (χ4v) is 4.68. The topological polar surface area (TPSA) is 46.9 Å². The van der Waals surface area contributed by atoms with Crippen molar-refractivity contribution in [3.05, 3.63) is 59.4 Å². The number of rotatable bonds is 6.